The van der Waals surface area contributed by atoms with E-state index in [1.807, 2.05) is 17.1 Å². The molecule has 1 saturated heterocycles. The van der Waals surface area contributed by atoms with E-state index < -0.39 is 23.3 Å². The van der Waals surface area contributed by atoms with Crippen LogP contribution in [0.4, 0.5) is 23.4 Å². The zero-order valence-corrected chi connectivity index (χ0v) is 23.4. The van der Waals surface area contributed by atoms with E-state index in [2.05, 4.69) is 30.4 Å². The first-order valence-electron chi connectivity index (χ1n) is 14.4. The Kier molecular flexibility index (Phi) is 7.99. The zero-order chi connectivity index (χ0) is 30.0. The topological polar surface area (TPSA) is 102 Å². The van der Waals surface area contributed by atoms with E-state index in [9.17, 15) is 22.4 Å². The SMILES string of the molecule is O=C(Cc1ccc(-c2cnc(Cc3cnn(CCN4CCCCC4)c3)nc2)cc1F)Nc1cc(C2(C(F)(F)F)CC2)on1. The first-order chi connectivity index (χ1) is 20.7. The maximum absolute atomic E-state index is 14.9. The maximum Gasteiger partial charge on any atom is 0.401 e. The van der Waals surface area contributed by atoms with Gasteiger partial charge >= 0.3 is 6.18 Å². The Bertz CT molecular complexity index is 1570. The minimum Gasteiger partial charge on any atom is -0.358 e. The molecule has 4 aromatic rings. The van der Waals surface area contributed by atoms with E-state index in [-0.39, 0.29) is 36.4 Å². The highest BCUT2D eigenvalue weighted by Crippen LogP contribution is 2.59. The molecular formula is C30H31F4N7O2. The summed E-state index contributed by atoms with van der Waals surface area (Å²) in [6.07, 6.45) is 6.48. The summed E-state index contributed by atoms with van der Waals surface area (Å²) in [6.45, 7) is 4.13. The van der Waals surface area contributed by atoms with E-state index in [0.717, 1.165) is 37.8 Å². The van der Waals surface area contributed by atoms with Crippen molar-refractivity contribution in [2.45, 2.75) is 63.1 Å². The van der Waals surface area contributed by atoms with Gasteiger partial charge in [0.15, 0.2) is 11.6 Å². The summed E-state index contributed by atoms with van der Waals surface area (Å²) in [5, 5.41) is 10.4. The van der Waals surface area contributed by atoms with Crippen molar-refractivity contribution in [3.8, 4) is 11.1 Å². The summed E-state index contributed by atoms with van der Waals surface area (Å²) in [7, 11) is 0. The quantitative estimate of drug-likeness (QED) is 0.247. The maximum atomic E-state index is 14.9. The summed E-state index contributed by atoms with van der Waals surface area (Å²) in [4.78, 5) is 23.8. The van der Waals surface area contributed by atoms with Gasteiger partial charge in [0.2, 0.25) is 5.91 Å². The van der Waals surface area contributed by atoms with Gasteiger partial charge in [-0.2, -0.15) is 18.3 Å². The van der Waals surface area contributed by atoms with Gasteiger partial charge in [-0.1, -0.05) is 23.7 Å². The number of likely N-dealkylation sites (tertiary alicyclic amines) is 1. The third-order valence-corrected chi connectivity index (χ3v) is 8.13. The van der Waals surface area contributed by atoms with Crippen molar-refractivity contribution in [3.63, 3.8) is 0 Å². The van der Waals surface area contributed by atoms with Crippen LogP contribution in [-0.4, -0.2) is 61.5 Å². The first kappa shape index (κ1) is 29.0. The fourth-order valence-corrected chi connectivity index (χ4v) is 5.41. The van der Waals surface area contributed by atoms with Crippen molar-refractivity contribution in [2.75, 3.05) is 25.0 Å². The van der Waals surface area contributed by atoms with Crippen LogP contribution in [0.25, 0.3) is 11.1 Å². The molecule has 0 bridgehead atoms. The van der Waals surface area contributed by atoms with Crippen LogP contribution in [0.5, 0.6) is 0 Å². The molecule has 4 heterocycles. The number of alkyl halides is 3. The number of nitrogens with zero attached hydrogens (tertiary/aromatic N) is 6. The van der Waals surface area contributed by atoms with Crippen LogP contribution in [0.2, 0.25) is 0 Å². The Labute approximate surface area is 245 Å². The summed E-state index contributed by atoms with van der Waals surface area (Å²) in [5.41, 5.74) is 0.247. The van der Waals surface area contributed by atoms with Crippen LogP contribution in [-0.2, 0) is 29.6 Å². The fourth-order valence-electron chi connectivity index (χ4n) is 5.41. The van der Waals surface area contributed by atoms with Gasteiger partial charge in [0.25, 0.3) is 0 Å². The minimum atomic E-state index is -4.46. The highest BCUT2D eigenvalue weighted by Gasteiger charge is 2.66. The molecule has 0 radical (unpaired) electrons. The number of anilines is 1. The molecular weight excluding hydrogens is 566 g/mol. The highest BCUT2D eigenvalue weighted by atomic mass is 19.4. The predicted molar refractivity (Wildman–Crippen MR) is 149 cm³/mol. The molecule has 1 aliphatic heterocycles. The first-order valence-corrected chi connectivity index (χ1v) is 14.4. The molecule has 13 heteroatoms. The van der Waals surface area contributed by atoms with Gasteiger partial charge in [-0.3, -0.25) is 9.48 Å². The second-order valence-corrected chi connectivity index (χ2v) is 11.3. The lowest BCUT2D eigenvalue weighted by Crippen LogP contribution is -2.32. The summed E-state index contributed by atoms with van der Waals surface area (Å²) >= 11 is 0. The molecule has 1 saturated carbocycles. The third-order valence-electron chi connectivity index (χ3n) is 8.13. The van der Waals surface area contributed by atoms with E-state index in [1.165, 1.54) is 31.4 Å². The monoisotopic (exact) mass is 597 g/mol. The Morgan fingerprint density at radius 2 is 1.77 bits per heavy atom. The van der Waals surface area contributed by atoms with Crippen LogP contribution < -0.4 is 5.32 Å². The summed E-state index contributed by atoms with van der Waals surface area (Å²) in [6, 6.07) is 5.50. The number of piperidine rings is 1. The molecule has 2 aliphatic rings. The Morgan fingerprint density at radius 3 is 2.47 bits per heavy atom. The molecule has 1 N–H and O–H groups in total. The fraction of sp³-hybridized carbons (Fsp3) is 0.433. The number of aromatic nitrogens is 5. The molecule has 0 atom stereocenters. The third kappa shape index (κ3) is 6.61. The van der Waals surface area contributed by atoms with Crippen molar-refractivity contribution in [1.82, 2.24) is 29.8 Å². The smallest absolute Gasteiger partial charge is 0.358 e. The lowest BCUT2D eigenvalue weighted by molar-refractivity contribution is -0.165. The minimum absolute atomic E-state index is 0.0882. The van der Waals surface area contributed by atoms with Gasteiger partial charge in [-0.15, -0.1) is 0 Å². The van der Waals surface area contributed by atoms with Crippen LogP contribution in [0.1, 0.15) is 54.8 Å². The van der Waals surface area contributed by atoms with Gasteiger partial charge in [0.1, 0.15) is 17.1 Å². The van der Waals surface area contributed by atoms with Gasteiger partial charge in [0, 0.05) is 43.2 Å². The second kappa shape index (κ2) is 11.9. The molecule has 0 spiro atoms. The Hall–Kier alpha value is -4.13. The van der Waals surface area contributed by atoms with Crippen LogP contribution in [0.15, 0.2) is 53.6 Å². The molecule has 226 valence electrons. The van der Waals surface area contributed by atoms with E-state index in [4.69, 9.17) is 4.52 Å². The van der Waals surface area contributed by atoms with Crippen molar-refractivity contribution >= 4 is 11.7 Å². The molecule has 1 aliphatic carbocycles. The lowest BCUT2D eigenvalue weighted by Gasteiger charge is -2.26. The van der Waals surface area contributed by atoms with E-state index >= 15 is 0 Å². The average molecular weight is 598 g/mol. The highest BCUT2D eigenvalue weighted by molar-refractivity contribution is 5.91. The van der Waals surface area contributed by atoms with E-state index in [0.29, 0.717) is 23.4 Å². The second-order valence-electron chi connectivity index (χ2n) is 11.3. The lowest BCUT2D eigenvalue weighted by atomic mass is 10.0. The number of rotatable bonds is 10. The van der Waals surface area contributed by atoms with Gasteiger partial charge in [-0.25, -0.2) is 14.4 Å². The number of halogens is 4. The van der Waals surface area contributed by atoms with E-state index in [1.54, 1.807) is 18.5 Å². The molecule has 6 rings (SSSR count). The molecule has 2 fully saturated rings. The number of amides is 1. The van der Waals surface area contributed by atoms with Crippen LogP contribution in [0.3, 0.4) is 0 Å². The average Bonchev–Trinajstić information content (AvgIpc) is 3.50. The summed E-state index contributed by atoms with van der Waals surface area (Å²) in [5.74, 6) is -1.10. The number of carbonyl (C=O) groups is 1. The Morgan fingerprint density at radius 1 is 1.00 bits per heavy atom. The van der Waals surface area contributed by atoms with Gasteiger partial charge < -0.3 is 14.7 Å². The number of hydrogen-bond donors (Lipinski definition) is 1. The number of hydrogen-bond acceptors (Lipinski definition) is 7. The standard InChI is InChI=1S/C30H31F4N7O2/c31-24-13-21(4-5-22(24)14-28(42)38-27-15-25(43-39-27)29(6-7-29)30(32,33)34)23-17-35-26(36-18-23)12-20-16-37-41(19-20)11-10-40-8-2-1-3-9-40/h4-5,13,15-19H,1-3,6-12,14H2,(H,38,39,42). The largest absolute Gasteiger partial charge is 0.401 e. The number of nitrogens with one attached hydrogen (secondary N) is 1. The van der Waals surface area contributed by atoms with Crippen LogP contribution in [0, 0.1) is 5.82 Å². The molecule has 1 amide bonds. The van der Waals surface area contributed by atoms with Crippen molar-refractivity contribution in [3.05, 3.63) is 77.6 Å². The van der Waals surface area contributed by atoms with Gasteiger partial charge in [0.05, 0.1) is 19.2 Å². The number of carbonyl (C=O) groups excluding carboxylic acids is 1. The summed E-state index contributed by atoms with van der Waals surface area (Å²) < 4.78 is 61.6. The van der Waals surface area contributed by atoms with Crippen molar-refractivity contribution in [1.29, 1.82) is 0 Å². The van der Waals surface area contributed by atoms with Crippen molar-refractivity contribution < 1.29 is 26.9 Å². The van der Waals surface area contributed by atoms with Crippen LogP contribution >= 0.6 is 0 Å². The van der Waals surface area contributed by atoms with Gasteiger partial charge in [-0.05, 0) is 61.5 Å². The molecule has 3 aromatic heterocycles. The molecule has 0 unspecified atom stereocenters. The molecule has 43 heavy (non-hydrogen) atoms. The normalized spacial score (nSPS) is 16.7. The predicted octanol–water partition coefficient (Wildman–Crippen LogP) is 5.32. The Balaban J connectivity index is 1.02. The van der Waals surface area contributed by atoms with Crippen molar-refractivity contribution in [2.24, 2.45) is 0 Å². The molecule has 9 nitrogen and oxygen atoms in total. The zero-order valence-electron chi connectivity index (χ0n) is 23.4. The number of benzene rings is 1. The molecule has 1 aromatic carbocycles.